The highest BCUT2D eigenvalue weighted by molar-refractivity contribution is 5.51. The number of pyridine rings is 1. The third-order valence-electron chi connectivity index (χ3n) is 2.40. The number of rotatable bonds is 4. The maximum Gasteiger partial charge on any atom is 0.131 e. The highest BCUT2D eigenvalue weighted by atomic mass is 15.4. The van der Waals surface area contributed by atoms with E-state index in [-0.39, 0.29) is 0 Å². The summed E-state index contributed by atoms with van der Waals surface area (Å²) < 4.78 is 1.88. The van der Waals surface area contributed by atoms with Crippen LogP contribution in [0.15, 0.2) is 30.6 Å². The summed E-state index contributed by atoms with van der Waals surface area (Å²) in [4.78, 5) is 4.24. The van der Waals surface area contributed by atoms with Crippen LogP contribution >= 0.6 is 0 Å². The van der Waals surface area contributed by atoms with Gasteiger partial charge in [0, 0.05) is 12.7 Å². The van der Waals surface area contributed by atoms with E-state index in [0.29, 0.717) is 5.92 Å². The van der Waals surface area contributed by atoms with Crippen LogP contribution in [0, 0.1) is 5.92 Å². The Bertz CT molecular complexity index is 433. The van der Waals surface area contributed by atoms with E-state index in [1.807, 2.05) is 29.1 Å². The monoisotopic (exact) mass is 216 g/mol. The molecule has 0 amide bonds. The van der Waals surface area contributed by atoms with Crippen LogP contribution in [0.2, 0.25) is 0 Å². The fraction of sp³-hybridized carbons (Fsp3) is 0.417. The van der Waals surface area contributed by atoms with Crippen molar-refractivity contribution in [1.29, 1.82) is 0 Å². The summed E-state index contributed by atoms with van der Waals surface area (Å²) in [7, 11) is 0. The molecule has 0 atom stereocenters. The fourth-order valence-electron chi connectivity index (χ4n) is 1.43. The van der Waals surface area contributed by atoms with Crippen molar-refractivity contribution >= 4 is 0 Å². The second kappa shape index (κ2) is 4.88. The SMILES string of the molecule is CC(C)CCn1cc(-c2ccccn2)nn1. The Morgan fingerprint density at radius 1 is 1.25 bits per heavy atom. The molecule has 0 saturated carbocycles. The lowest BCUT2D eigenvalue weighted by Crippen LogP contribution is -2.01. The van der Waals surface area contributed by atoms with E-state index in [0.717, 1.165) is 24.4 Å². The standard InChI is InChI=1S/C12H16N4/c1-10(2)6-8-16-9-12(14-15-16)11-5-3-4-7-13-11/h3-5,7,9-10H,6,8H2,1-2H3. The summed E-state index contributed by atoms with van der Waals surface area (Å²) in [5, 5.41) is 8.21. The maximum absolute atomic E-state index is 4.24. The Morgan fingerprint density at radius 3 is 2.81 bits per heavy atom. The van der Waals surface area contributed by atoms with E-state index < -0.39 is 0 Å². The molecule has 84 valence electrons. The lowest BCUT2D eigenvalue weighted by Gasteiger charge is -2.02. The van der Waals surface area contributed by atoms with Crippen LogP contribution in [0.25, 0.3) is 11.4 Å². The van der Waals surface area contributed by atoms with Crippen molar-refractivity contribution in [3.63, 3.8) is 0 Å². The van der Waals surface area contributed by atoms with Crippen LogP contribution in [0.5, 0.6) is 0 Å². The van der Waals surface area contributed by atoms with E-state index in [4.69, 9.17) is 0 Å². The zero-order valence-corrected chi connectivity index (χ0v) is 9.67. The number of aryl methyl sites for hydroxylation is 1. The lowest BCUT2D eigenvalue weighted by atomic mass is 10.1. The molecule has 0 N–H and O–H groups in total. The topological polar surface area (TPSA) is 43.6 Å². The first-order valence-electron chi connectivity index (χ1n) is 5.57. The van der Waals surface area contributed by atoms with Crippen molar-refractivity contribution in [2.45, 2.75) is 26.8 Å². The van der Waals surface area contributed by atoms with Crippen LogP contribution in [0.3, 0.4) is 0 Å². The second-order valence-corrected chi connectivity index (χ2v) is 4.26. The minimum Gasteiger partial charge on any atom is -0.254 e. The lowest BCUT2D eigenvalue weighted by molar-refractivity contribution is 0.478. The van der Waals surface area contributed by atoms with E-state index >= 15 is 0 Å². The van der Waals surface area contributed by atoms with Gasteiger partial charge in [-0.3, -0.25) is 9.67 Å². The molecule has 0 unspecified atom stereocenters. The van der Waals surface area contributed by atoms with Crippen molar-refractivity contribution in [3.8, 4) is 11.4 Å². The summed E-state index contributed by atoms with van der Waals surface area (Å²) in [5.74, 6) is 0.683. The summed E-state index contributed by atoms with van der Waals surface area (Å²) in [6.45, 7) is 5.32. The molecule has 0 bridgehead atoms. The van der Waals surface area contributed by atoms with Gasteiger partial charge in [-0.05, 0) is 24.5 Å². The van der Waals surface area contributed by atoms with Crippen LogP contribution in [-0.2, 0) is 6.54 Å². The molecule has 0 aromatic carbocycles. The molecule has 2 rings (SSSR count). The molecule has 4 nitrogen and oxygen atoms in total. The van der Waals surface area contributed by atoms with Crippen LogP contribution in [0.4, 0.5) is 0 Å². The van der Waals surface area contributed by atoms with Crippen LogP contribution in [-0.4, -0.2) is 20.0 Å². The van der Waals surface area contributed by atoms with Crippen LogP contribution in [0.1, 0.15) is 20.3 Å². The Morgan fingerprint density at radius 2 is 2.12 bits per heavy atom. The minimum atomic E-state index is 0.683. The first-order valence-corrected chi connectivity index (χ1v) is 5.57. The summed E-state index contributed by atoms with van der Waals surface area (Å²) in [5.41, 5.74) is 1.71. The second-order valence-electron chi connectivity index (χ2n) is 4.26. The Labute approximate surface area is 95.3 Å². The van der Waals surface area contributed by atoms with Crippen molar-refractivity contribution in [3.05, 3.63) is 30.6 Å². The van der Waals surface area contributed by atoms with Gasteiger partial charge in [-0.25, -0.2) is 0 Å². The largest absolute Gasteiger partial charge is 0.254 e. The first kappa shape index (κ1) is 10.8. The molecular weight excluding hydrogens is 200 g/mol. The van der Waals surface area contributed by atoms with Crippen molar-refractivity contribution in [2.24, 2.45) is 5.92 Å². The first-order chi connectivity index (χ1) is 7.75. The van der Waals surface area contributed by atoms with Gasteiger partial charge >= 0.3 is 0 Å². The summed E-state index contributed by atoms with van der Waals surface area (Å²) in [6.07, 6.45) is 4.83. The highest BCUT2D eigenvalue weighted by Crippen LogP contribution is 2.12. The molecule has 0 aliphatic carbocycles. The predicted molar refractivity (Wildman–Crippen MR) is 62.7 cm³/mol. The minimum absolute atomic E-state index is 0.683. The summed E-state index contributed by atoms with van der Waals surface area (Å²) >= 11 is 0. The van der Waals surface area contributed by atoms with Crippen molar-refractivity contribution in [1.82, 2.24) is 20.0 Å². The number of nitrogens with zero attached hydrogens (tertiary/aromatic N) is 4. The fourth-order valence-corrected chi connectivity index (χ4v) is 1.43. The number of hydrogen-bond donors (Lipinski definition) is 0. The number of aromatic nitrogens is 4. The smallest absolute Gasteiger partial charge is 0.131 e. The molecular formula is C12H16N4. The third kappa shape index (κ3) is 2.66. The molecule has 2 aromatic heterocycles. The number of hydrogen-bond acceptors (Lipinski definition) is 3. The van der Waals surface area contributed by atoms with E-state index in [2.05, 4.69) is 29.1 Å². The average Bonchev–Trinajstić information content (AvgIpc) is 2.76. The zero-order valence-electron chi connectivity index (χ0n) is 9.67. The highest BCUT2D eigenvalue weighted by Gasteiger charge is 2.04. The Hall–Kier alpha value is -1.71. The van der Waals surface area contributed by atoms with Gasteiger partial charge in [0.1, 0.15) is 5.69 Å². The van der Waals surface area contributed by atoms with Crippen molar-refractivity contribution in [2.75, 3.05) is 0 Å². The molecule has 0 aliphatic rings. The van der Waals surface area contributed by atoms with Crippen molar-refractivity contribution < 1.29 is 0 Å². The van der Waals surface area contributed by atoms with Gasteiger partial charge in [0.05, 0.1) is 11.9 Å². The molecule has 16 heavy (non-hydrogen) atoms. The molecule has 0 fully saturated rings. The van der Waals surface area contributed by atoms with E-state index in [1.165, 1.54) is 0 Å². The zero-order chi connectivity index (χ0) is 11.4. The van der Waals surface area contributed by atoms with Gasteiger partial charge in [0.2, 0.25) is 0 Å². The van der Waals surface area contributed by atoms with Crippen LogP contribution < -0.4 is 0 Å². The molecule has 2 aromatic rings. The average molecular weight is 216 g/mol. The van der Waals surface area contributed by atoms with Gasteiger partial charge < -0.3 is 0 Å². The molecule has 4 heteroatoms. The van der Waals surface area contributed by atoms with Gasteiger partial charge in [-0.15, -0.1) is 5.10 Å². The third-order valence-corrected chi connectivity index (χ3v) is 2.40. The maximum atomic E-state index is 4.24. The van der Waals surface area contributed by atoms with E-state index in [9.17, 15) is 0 Å². The Kier molecular flexibility index (Phi) is 3.29. The normalized spacial score (nSPS) is 10.9. The van der Waals surface area contributed by atoms with E-state index in [1.54, 1.807) is 6.20 Å². The predicted octanol–water partition coefficient (Wildman–Crippen LogP) is 2.39. The van der Waals surface area contributed by atoms with Gasteiger partial charge in [0.25, 0.3) is 0 Å². The molecule has 0 spiro atoms. The van der Waals surface area contributed by atoms with Gasteiger partial charge in [-0.1, -0.05) is 25.1 Å². The van der Waals surface area contributed by atoms with Gasteiger partial charge in [0.15, 0.2) is 0 Å². The molecule has 0 radical (unpaired) electrons. The molecule has 0 saturated heterocycles. The quantitative estimate of drug-likeness (QED) is 0.788. The summed E-state index contributed by atoms with van der Waals surface area (Å²) in [6, 6.07) is 5.79. The molecule has 2 heterocycles. The Balaban J connectivity index is 2.08. The van der Waals surface area contributed by atoms with Gasteiger partial charge in [-0.2, -0.15) is 0 Å². The molecule has 0 aliphatic heterocycles.